The summed E-state index contributed by atoms with van der Waals surface area (Å²) < 4.78 is 26.0. The average Bonchev–Trinajstić information content (AvgIpc) is 2.56. The Morgan fingerprint density at radius 3 is 2.76 bits per heavy atom. The molecule has 0 bridgehead atoms. The lowest BCUT2D eigenvalue weighted by Gasteiger charge is -2.15. The maximum absolute atomic E-state index is 13.3. The van der Waals surface area contributed by atoms with Crippen LogP contribution in [0, 0.1) is 11.6 Å². The summed E-state index contributed by atoms with van der Waals surface area (Å²) in [6.45, 7) is 0.924. The summed E-state index contributed by atoms with van der Waals surface area (Å²) in [5.74, 6) is -1.17. The summed E-state index contributed by atoms with van der Waals surface area (Å²) >= 11 is 5.85. The molecule has 1 aromatic carbocycles. The highest BCUT2D eigenvalue weighted by molar-refractivity contribution is 6.22. The number of likely N-dealkylation sites (tertiary alicyclic amines) is 1. The monoisotopic (exact) mass is 259 g/mol. The number of nitrogens with zero attached hydrogens (tertiary/aromatic N) is 1. The maximum atomic E-state index is 13.3. The lowest BCUT2D eigenvalue weighted by atomic mass is 10.1. The molecule has 0 saturated carbocycles. The average molecular weight is 260 g/mol. The van der Waals surface area contributed by atoms with Crippen molar-refractivity contribution in [3.8, 4) is 0 Å². The van der Waals surface area contributed by atoms with Crippen molar-refractivity contribution in [2.75, 3.05) is 13.1 Å². The number of carbonyl (C=O) groups is 1. The third-order valence-corrected chi connectivity index (χ3v) is 3.13. The first kappa shape index (κ1) is 12.3. The zero-order valence-electron chi connectivity index (χ0n) is 9.13. The van der Waals surface area contributed by atoms with Crippen LogP contribution in [-0.4, -0.2) is 29.3 Å². The molecular weight excluding hydrogens is 248 g/mol. The quantitative estimate of drug-likeness (QED) is 0.763. The fourth-order valence-corrected chi connectivity index (χ4v) is 2.22. The number of alkyl halides is 1. The first-order valence-electron chi connectivity index (χ1n) is 5.42. The Bertz CT molecular complexity index is 439. The van der Waals surface area contributed by atoms with Crippen LogP contribution in [0.2, 0.25) is 0 Å². The highest BCUT2D eigenvalue weighted by Gasteiger charge is 2.27. The lowest BCUT2D eigenvalue weighted by Crippen LogP contribution is -2.27. The van der Waals surface area contributed by atoms with Gasteiger partial charge in [-0.25, -0.2) is 8.78 Å². The minimum atomic E-state index is -0.593. The van der Waals surface area contributed by atoms with Crippen LogP contribution in [0.25, 0.3) is 0 Å². The third kappa shape index (κ3) is 2.94. The molecule has 92 valence electrons. The highest BCUT2D eigenvalue weighted by atomic mass is 35.5. The molecule has 2 nitrogen and oxygen atoms in total. The fourth-order valence-electron chi connectivity index (χ4n) is 1.92. The van der Waals surface area contributed by atoms with Crippen molar-refractivity contribution in [3.63, 3.8) is 0 Å². The van der Waals surface area contributed by atoms with Crippen LogP contribution < -0.4 is 0 Å². The minimum Gasteiger partial charge on any atom is -0.341 e. The molecular formula is C12H12ClF2NO. The first-order chi connectivity index (χ1) is 8.06. The molecule has 1 saturated heterocycles. The van der Waals surface area contributed by atoms with E-state index in [-0.39, 0.29) is 11.3 Å². The number of benzene rings is 1. The third-order valence-electron chi connectivity index (χ3n) is 2.83. The highest BCUT2D eigenvalue weighted by Crippen LogP contribution is 2.17. The number of hydrogen-bond acceptors (Lipinski definition) is 1. The van der Waals surface area contributed by atoms with Crippen molar-refractivity contribution < 1.29 is 13.6 Å². The van der Waals surface area contributed by atoms with Gasteiger partial charge in [0.15, 0.2) is 0 Å². The second kappa shape index (κ2) is 5.00. The molecule has 0 spiro atoms. The van der Waals surface area contributed by atoms with Gasteiger partial charge in [-0.05, 0) is 18.1 Å². The van der Waals surface area contributed by atoms with E-state index in [0.29, 0.717) is 31.5 Å². The van der Waals surface area contributed by atoms with E-state index in [2.05, 4.69) is 0 Å². The largest absolute Gasteiger partial charge is 0.341 e. The van der Waals surface area contributed by atoms with Gasteiger partial charge in [-0.15, -0.1) is 11.6 Å². The molecule has 1 aliphatic rings. The van der Waals surface area contributed by atoms with Crippen LogP contribution in [-0.2, 0) is 11.2 Å². The maximum Gasteiger partial charge on any atom is 0.224 e. The van der Waals surface area contributed by atoms with Gasteiger partial charge in [0.05, 0.1) is 5.38 Å². The molecule has 1 amide bonds. The van der Waals surface area contributed by atoms with Crippen LogP contribution in [0.1, 0.15) is 12.0 Å². The van der Waals surface area contributed by atoms with Crippen molar-refractivity contribution in [2.24, 2.45) is 0 Å². The SMILES string of the molecule is O=C1CC(Cl)CN1CCc1ccc(F)cc1F. The van der Waals surface area contributed by atoms with Gasteiger partial charge in [-0.2, -0.15) is 0 Å². The van der Waals surface area contributed by atoms with Crippen LogP contribution in [0.5, 0.6) is 0 Å². The van der Waals surface area contributed by atoms with Crippen LogP contribution in [0.3, 0.4) is 0 Å². The van der Waals surface area contributed by atoms with Crippen LogP contribution >= 0.6 is 11.6 Å². The van der Waals surface area contributed by atoms with Crippen molar-refractivity contribution in [1.82, 2.24) is 4.90 Å². The number of rotatable bonds is 3. The van der Waals surface area contributed by atoms with Gasteiger partial charge in [0, 0.05) is 25.6 Å². The molecule has 1 unspecified atom stereocenters. The molecule has 0 radical (unpaired) electrons. The van der Waals surface area contributed by atoms with E-state index in [1.165, 1.54) is 12.1 Å². The van der Waals surface area contributed by atoms with Crippen molar-refractivity contribution in [1.29, 1.82) is 0 Å². The summed E-state index contributed by atoms with van der Waals surface area (Å²) in [4.78, 5) is 13.0. The molecule has 2 rings (SSSR count). The molecule has 0 aromatic heterocycles. The summed E-state index contributed by atoms with van der Waals surface area (Å²) in [5, 5.41) is -0.152. The lowest BCUT2D eigenvalue weighted by molar-refractivity contribution is -0.127. The Hall–Kier alpha value is -1.16. The van der Waals surface area contributed by atoms with E-state index in [0.717, 1.165) is 6.07 Å². The van der Waals surface area contributed by atoms with Crippen molar-refractivity contribution >= 4 is 17.5 Å². The van der Waals surface area contributed by atoms with Crippen molar-refractivity contribution in [3.05, 3.63) is 35.4 Å². The van der Waals surface area contributed by atoms with E-state index in [1.54, 1.807) is 4.90 Å². The van der Waals surface area contributed by atoms with E-state index in [1.807, 2.05) is 0 Å². The van der Waals surface area contributed by atoms with Gasteiger partial charge in [0.25, 0.3) is 0 Å². The Kier molecular flexibility index (Phi) is 3.62. The number of halogens is 3. The van der Waals surface area contributed by atoms with Gasteiger partial charge < -0.3 is 4.90 Å². The molecule has 5 heteroatoms. The number of carbonyl (C=O) groups excluding carboxylic acids is 1. The molecule has 1 aliphatic heterocycles. The van der Waals surface area contributed by atoms with Gasteiger partial charge in [-0.3, -0.25) is 4.79 Å². The topological polar surface area (TPSA) is 20.3 Å². The Balaban J connectivity index is 1.96. The minimum absolute atomic E-state index is 0.00693. The first-order valence-corrected chi connectivity index (χ1v) is 5.85. The van der Waals surface area contributed by atoms with E-state index >= 15 is 0 Å². The Morgan fingerprint density at radius 1 is 1.41 bits per heavy atom. The van der Waals surface area contributed by atoms with E-state index < -0.39 is 11.6 Å². The molecule has 0 aliphatic carbocycles. The summed E-state index contributed by atoms with van der Waals surface area (Å²) in [5.41, 5.74) is 0.414. The van der Waals surface area contributed by atoms with Gasteiger partial charge in [-0.1, -0.05) is 6.07 Å². The summed E-state index contributed by atoms with van der Waals surface area (Å²) in [7, 11) is 0. The molecule has 1 atom stereocenters. The molecule has 1 heterocycles. The standard InChI is InChI=1S/C12H12ClF2NO/c13-9-5-12(17)16(7-9)4-3-8-1-2-10(14)6-11(8)15/h1-2,6,9H,3-5,7H2. The van der Waals surface area contributed by atoms with Gasteiger partial charge >= 0.3 is 0 Å². The molecule has 0 N–H and O–H groups in total. The number of hydrogen-bond donors (Lipinski definition) is 0. The Morgan fingerprint density at radius 2 is 2.18 bits per heavy atom. The summed E-state index contributed by atoms with van der Waals surface area (Å²) in [6.07, 6.45) is 0.717. The molecule has 1 aromatic rings. The predicted molar refractivity (Wildman–Crippen MR) is 60.9 cm³/mol. The predicted octanol–water partition coefficient (Wildman–Crippen LogP) is 2.35. The van der Waals surface area contributed by atoms with Crippen LogP contribution in [0.4, 0.5) is 8.78 Å². The van der Waals surface area contributed by atoms with Crippen molar-refractivity contribution in [2.45, 2.75) is 18.2 Å². The van der Waals surface area contributed by atoms with Gasteiger partial charge in [0.1, 0.15) is 11.6 Å². The van der Waals surface area contributed by atoms with Gasteiger partial charge in [0.2, 0.25) is 5.91 Å². The van der Waals surface area contributed by atoms with E-state index in [4.69, 9.17) is 11.6 Å². The van der Waals surface area contributed by atoms with Crippen LogP contribution in [0.15, 0.2) is 18.2 Å². The second-order valence-corrected chi connectivity index (χ2v) is 4.74. The number of amides is 1. The summed E-state index contributed by atoms with van der Waals surface area (Å²) in [6, 6.07) is 3.48. The normalized spacial score (nSPS) is 20.1. The zero-order valence-corrected chi connectivity index (χ0v) is 9.88. The fraction of sp³-hybridized carbons (Fsp3) is 0.417. The molecule has 1 fully saturated rings. The smallest absolute Gasteiger partial charge is 0.224 e. The van der Waals surface area contributed by atoms with E-state index in [9.17, 15) is 13.6 Å². The second-order valence-electron chi connectivity index (χ2n) is 4.13. The molecule has 17 heavy (non-hydrogen) atoms. The Labute approximate surface area is 103 Å². The zero-order chi connectivity index (χ0) is 12.4.